The third-order valence-corrected chi connectivity index (χ3v) is 4.03. The van der Waals surface area contributed by atoms with Gasteiger partial charge in [-0.15, -0.1) is 0 Å². The van der Waals surface area contributed by atoms with Gasteiger partial charge in [-0.05, 0) is 25.0 Å². The predicted octanol–water partition coefficient (Wildman–Crippen LogP) is 2.81. The van der Waals surface area contributed by atoms with E-state index in [4.69, 9.17) is 4.74 Å². The van der Waals surface area contributed by atoms with Crippen LogP contribution in [0.15, 0.2) is 24.3 Å². The Morgan fingerprint density at radius 2 is 2.00 bits per heavy atom. The number of nitrogens with one attached hydrogen (secondary N) is 1. The number of carbonyl (C=O) groups is 2. The van der Waals surface area contributed by atoms with Crippen molar-refractivity contribution in [2.45, 2.75) is 45.1 Å². The zero-order valence-electron chi connectivity index (χ0n) is 13.3. The Kier molecular flexibility index (Phi) is 5.81. The summed E-state index contributed by atoms with van der Waals surface area (Å²) in [6, 6.07) is 7.41. The van der Waals surface area contributed by atoms with E-state index >= 15 is 0 Å². The van der Waals surface area contributed by atoms with E-state index in [0.717, 1.165) is 12.8 Å². The van der Waals surface area contributed by atoms with Gasteiger partial charge in [-0.1, -0.05) is 25.3 Å². The fourth-order valence-electron chi connectivity index (χ4n) is 2.79. The molecule has 1 aromatic rings. The van der Waals surface area contributed by atoms with Crippen molar-refractivity contribution < 1.29 is 14.3 Å². The van der Waals surface area contributed by atoms with Crippen LogP contribution in [0, 0.1) is 0 Å². The minimum absolute atomic E-state index is 0.00294. The molecule has 0 aromatic heterocycles. The Hall–Kier alpha value is -2.04. The first kappa shape index (κ1) is 16.3. The van der Waals surface area contributed by atoms with Crippen molar-refractivity contribution in [3.05, 3.63) is 24.3 Å². The summed E-state index contributed by atoms with van der Waals surface area (Å²) >= 11 is 0. The van der Waals surface area contributed by atoms with Gasteiger partial charge in [0.15, 0.2) is 6.61 Å². The molecule has 1 aromatic carbocycles. The minimum atomic E-state index is -0.134. The number of benzene rings is 1. The van der Waals surface area contributed by atoms with E-state index in [1.807, 2.05) is 11.9 Å². The minimum Gasteiger partial charge on any atom is -0.484 e. The number of likely N-dealkylation sites (N-methyl/N-ethyl adjacent to an activating group) is 1. The van der Waals surface area contributed by atoms with Crippen LogP contribution in [0.2, 0.25) is 0 Å². The summed E-state index contributed by atoms with van der Waals surface area (Å²) in [5.74, 6) is 0.443. The lowest BCUT2D eigenvalue weighted by Crippen LogP contribution is -2.40. The molecule has 0 radical (unpaired) electrons. The summed E-state index contributed by atoms with van der Waals surface area (Å²) in [4.78, 5) is 25.1. The molecule has 1 aliphatic carbocycles. The third-order valence-electron chi connectivity index (χ3n) is 4.03. The van der Waals surface area contributed by atoms with Crippen LogP contribution in [-0.4, -0.2) is 36.4 Å². The van der Waals surface area contributed by atoms with Crippen LogP contribution >= 0.6 is 0 Å². The van der Waals surface area contributed by atoms with Gasteiger partial charge in [0.2, 0.25) is 5.91 Å². The number of rotatable bonds is 5. The van der Waals surface area contributed by atoms with Crippen LogP contribution in [0.5, 0.6) is 5.75 Å². The molecule has 1 fully saturated rings. The molecule has 1 saturated carbocycles. The Morgan fingerprint density at radius 3 is 2.68 bits per heavy atom. The van der Waals surface area contributed by atoms with Gasteiger partial charge in [-0.25, -0.2) is 0 Å². The summed E-state index contributed by atoms with van der Waals surface area (Å²) in [5, 5.41) is 2.69. The van der Waals surface area contributed by atoms with E-state index in [2.05, 4.69) is 5.32 Å². The fraction of sp³-hybridized carbons (Fsp3) is 0.529. The second-order valence-corrected chi connectivity index (χ2v) is 5.79. The standard InChI is InChI=1S/C17H24N2O3/c1-13(20)18-14-7-6-10-16(11-14)22-12-17(21)19(2)15-8-4-3-5-9-15/h6-7,10-11,15H,3-5,8-9,12H2,1-2H3,(H,18,20). The van der Waals surface area contributed by atoms with Gasteiger partial charge in [0, 0.05) is 31.8 Å². The molecule has 2 amide bonds. The Bertz CT molecular complexity index is 524. The highest BCUT2D eigenvalue weighted by Crippen LogP contribution is 2.22. The molecule has 1 N–H and O–H groups in total. The maximum absolute atomic E-state index is 12.2. The smallest absolute Gasteiger partial charge is 0.260 e. The second kappa shape index (κ2) is 7.82. The lowest BCUT2D eigenvalue weighted by molar-refractivity contribution is -0.134. The van der Waals surface area contributed by atoms with Crippen LogP contribution in [0.1, 0.15) is 39.0 Å². The maximum Gasteiger partial charge on any atom is 0.260 e. The third kappa shape index (κ3) is 4.76. The molecular formula is C17H24N2O3. The number of hydrogen-bond acceptors (Lipinski definition) is 3. The van der Waals surface area contributed by atoms with Crippen molar-refractivity contribution in [3.8, 4) is 5.75 Å². The number of anilines is 1. The zero-order valence-corrected chi connectivity index (χ0v) is 13.3. The highest BCUT2D eigenvalue weighted by atomic mass is 16.5. The fourth-order valence-corrected chi connectivity index (χ4v) is 2.79. The average Bonchev–Trinajstić information content (AvgIpc) is 2.52. The number of hydrogen-bond donors (Lipinski definition) is 1. The Balaban J connectivity index is 1.86. The maximum atomic E-state index is 12.2. The number of nitrogens with zero attached hydrogens (tertiary/aromatic N) is 1. The molecule has 0 heterocycles. The van der Waals surface area contributed by atoms with Gasteiger partial charge >= 0.3 is 0 Å². The van der Waals surface area contributed by atoms with Gasteiger partial charge in [0.25, 0.3) is 5.91 Å². The molecule has 5 nitrogen and oxygen atoms in total. The highest BCUT2D eigenvalue weighted by Gasteiger charge is 2.22. The molecule has 2 rings (SSSR count). The van der Waals surface area contributed by atoms with E-state index in [-0.39, 0.29) is 18.4 Å². The molecule has 1 aliphatic rings. The van der Waals surface area contributed by atoms with E-state index in [9.17, 15) is 9.59 Å². The summed E-state index contributed by atoms with van der Waals surface area (Å²) in [5.41, 5.74) is 0.665. The van der Waals surface area contributed by atoms with Gasteiger partial charge < -0.3 is 15.0 Å². The number of amides is 2. The lowest BCUT2D eigenvalue weighted by Gasteiger charge is -2.31. The van der Waals surface area contributed by atoms with Crippen molar-refractivity contribution in [3.63, 3.8) is 0 Å². The molecule has 0 unspecified atom stereocenters. The SMILES string of the molecule is CC(=O)Nc1cccc(OCC(=O)N(C)C2CCCCC2)c1. The van der Waals surface area contributed by atoms with Crippen LogP contribution in [0.3, 0.4) is 0 Å². The van der Waals surface area contributed by atoms with E-state index in [1.165, 1.54) is 26.2 Å². The summed E-state index contributed by atoms with van der Waals surface area (Å²) in [7, 11) is 1.86. The van der Waals surface area contributed by atoms with Crippen LogP contribution in [0.4, 0.5) is 5.69 Å². The first-order valence-corrected chi connectivity index (χ1v) is 7.82. The van der Waals surface area contributed by atoms with Crippen molar-refractivity contribution >= 4 is 17.5 Å². The van der Waals surface area contributed by atoms with Crippen molar-refractivity contribution in [1.82, 2.24) is 4.90 Å². The van der Waals surface area contributed by atoms with Gasteiger partial charge in [-0.2, -0.15) is 0 Å². The van der Waals surface area contributed by atoms with Crippen molar-refractivity contribution in [1.29, 1.82) is 0 Å². The topological polar surface area (TPSA) is 58.6 Å². The molecule has 0 spiro atoms. The molecule has 120 valence electrons. The first-order valence-electron chi connectivity index (χ1n) is 7.82. The normalized spacial score (nSPS) is 15.2. The molecule has 0 atom stereocenters. The number of ether oxygens (including phenoxy) is 1. The summed E-state index contributed by atoms with van der Waals surface area (Å²) in [6.45, 7) is 1.48. The van der Waals surface area contributed by atoms with Crippen LogP contribution < -0.4 is 10.1 Å². The lowest BCUT2D eigenvalue weighted by atomic mass is 9.94. The number of carbonyl (C=O) groups excluding carboxylic acids is 2. The molecule has 0 aliphatic heterocycles. The molecular weight excluding hydrogens is 280 g/mol. The monoisotopic (exact) mass is 304 g/mol. The van der Waals surface area contributed by atoms with Gasteiger partial charge in [0.1, 0.15) is 5.75 Å². The van der Waals surface area contributed by atoms with Crippen molar-refractivity contribution in [2.75, 3.05) is 19.0 Å². The summed E-state index contributed by atoms with van der Waals surface area (Å²) in [6.07, 6.45) is 5.83. The molecule has 22 heavy (non-hydrogen) atoms. The van der Waals surface area contributed by atoms with Gasteiger partial charge in [-0.3, -0.25) is 9.59 Å². The quantitative estimate of drug-likeness (QED) is 0.910. The molecule has 0 saturated heterocycles. The second-order valence-electron chi connectivity index (χ2n) is 5.79. The molecule has 5 heteroatoms. The van der Waals surface area contributed by atoms with Gasteiger partial charge in [0.05, 0.1) is 0 Å². The van der Waals surface area contributed by atoms with Crippen LogP contribution in [0.25, 0.3) is 0 Å². The van der Waals surface area contributed by atoms with E-state index in [1.54, 1.807) is 24.3 Å². The first-order chi connectivity index (χ1) is 10.6. The van der Waals surface area contributed by atoms with E-state index in [0.29, 0.717) is 17.5 Å². The largest absolute Gasteiger partial charge is 0.484 e. The molecule has 0 bridgehead atoms. The van der Waals surface area contributed by atoms with E-state index < -0.39 is 0 Å². The van der Waals surface area contributed by atoms with Crippen molar-refractivity contribution in [2.24, 2.45) is 0 Å². The Labute approximate surface area is 131 Å². The zero-order chi connectivity index (χ0) is 15.9. The predicted molar refractivity (Wildman–Crippen MR) is 85.9 cm³/mol. The highest BCUT2D eigenvalue weighted by molar-refractivity contribution is 5.88. The average molecular weight is 304 g/mol. The summed E-state index contributed by atoms with van der Waals surface area (Å²) < 4.78 is 5.56. The Morgan fingerprint density at radius 1 is 1.27 bits per heavy atom. The van der Waals surface area contributed by atoms with Crippen LogP contribution in [-0.2, 0) is 9.59 Å².